The van der Waals surface area contributed by atoms with Crippen molar-refractivity contribution in [3.8, 4) is 0 Å². The van der Waals surface area contributed by atoms with Crippen LogP contribution in [0.25, 0.3) is 0 Å². The molecule has 27 heavy (non-hydrogen) atoms. The zero-order valence-electron chi connectivity index (χ0n) is 15.3. The molecule has 0 aliphatic rings. The molecule has 6 nitrogen and oxygen atoms in total. The average molecular weight is 389 g/mol. The monoisotopic (exact) mass is 389 g/mol. The number of sulfone groups is 1. The molecule has 1 amide bonds. The van der Waals surface area contributed by atoms with Gasteiger partial charge < -0.3 is 10.1 Å². The van der Waals surface area contributed by atoms with E-state index < -0.39 is 15.8 Å². The van der Waals surface area contributed by atoms with Gasteiger partial charge in [-0.1, -0.05) is 42.5 Å². The highest BCUT2D eigenvalue weighted by molar-refractivity contribution is 7.90. The summed E-state index contributed by atoms with van der Waals surface area (Å²) >= 11 is 0. The Labute approximate surface area is 159 Å². The molecule has 0 radical (unpaired) electrons. The largest absolute Gasteiger partial charge is 0.465 e. The molecule has 0 bridgehead atoms. The molecule has 1 atom stereocenters. The van der Waals surface area contributed by atoms with Crippen LogP contribution in [0.3, 0.4) is 0 Å². The first kappa shape index (κ1) is 20.6. The van der Waals surface area contributed by atoms with Crippen LogP contribution in [0.4, 0.5) is 0 Å². The first-order valence-electron chi connectivity index (χ1n) is 8.53. The van der Waals surface area contributed by atoms with Crippen molar-refractivity contribution in [2.24, 2.45) is 0 Å². The maximum absolute atomic E-state index is 12.3. The molecule has 0 unspecified atom stereocenters. The minimum absolute atomic E-state index is 0.115. The zero-order valence-corrected chi connectivity index (χ0v) is 16.2. The summed E-state index contributed by atoms with van der Waals surface area (Å²) < 4.78 is 29.3. The van der Waals surface area contributed by atoms with Crippen molar-refractivity contribution >= 4 is 21.7 Å². The van der Waals surface area contributed by atoms with Gasteiger partial charge in [-0.2, -0.15) is 0 Å². The summed E-state index contributed by atoms with van der Waals surface area (Å²) in [6.45, 7) is 1.85. The van der Waals surface area contributed by atoms with Crippen molar-refractivity contribution in [3.05, 3.63) is 71.3 Å². The van der Waals surface area contributed by atoms with Gasteiger partial charge in [0.05, 0.1) is 30.2 Å². The Morgan fingerprint density at radius 3 is 2.44 bits per heavy atom. The van der Waals surface area contributed by atoms with E-state index in [9.17, 15) is 18.0 Å². The number of amides is 1. The molecule has 2 aromatic carbocycles. The van der Waals surface area contributed by atoms with Crippen molar-refractivity contribution in [2.45, 2.75) is 25.1 Å². The van der Waals surface area contributed by atoms with Crippen molar-refractivity contribution in [3.63, 3.8) is 0 Å². The SMILES string of the molecule is COC(=O)c1cccc(CS(=O)(=O)CCC(=O)N[C@H](C)c2ccccc2)c1. The summed E-state index contributed by atoms with van der Waals surface area (Å²) in [5.41, 5.74) is 1.73. The summed E-state index contributed by atoms with van der Waals surface area (Å²) in [4.78, 5) is 23.6. The summed E-state index contributed by atoms with van der Waals surface area (Å²) in [5, 5.41) is 2.80. The molecule has 0 saturated carbocycles. The van der Waals surface area contributed by atoms with E-state index in [0.717, 1.165) is 5.56 Å². The van der Waals surface area contributed by atoms with Crippen molar-refractivity contribution in [2.75, 3.05) is 12.9 Å². The van der Waals surface area contributed by atoms with E-state index in [1.165, 1.54) is 13.2 Å². The Bertz CT molecular complexity index is 894. The van der Waals surface area contributed by atoms with Crippen LogP contribution in [0.15, 0.2) is 54.6 Å². The van der Waals surface area contributed by atoms with Gasteiger partial charge in [0, 0.05) is 6.42 Å². The van der Waals surface area contributed by atoms with Crippen LogP contribution in [-0.4, -0.2) is 33.2 Å². The standard InChI is InChI=1S/C20H23NO5S/c1-15(17-8-4-3-5-9-17)21-19(22)11-12-27(24,25)14-16-7-6-10-18(13-16)20(23)26-2/h3-10,13,15H,11-12,14H2,1-2H3,(H,21,22)/t15-/m1/s1. The summed E-state index contributed by atoms with van der Waals surface area (Å²) in [6.07, 6.45) is -0.115. The van der Waals surface area contributed by atoms with Gasteiger partial charge in [0.1, 0.15) is 0 Å². The number of carbonyl (C=O) groups is 2. The third-order valence-corrected chi connectivity index (χ3v) is 5.65. The number of carbonyl (C=O) groups excluding carboxylic acids is 2. The molecule has 7 heteroatoms. The van der Waals surface area contributed by atoms with E-state index in [-0.39, 0.29) is 29.9 Å². The van der Waals surface area contributed by atoms with Crippen molar-refractivity contribution < 1.29 is 22.7 Å². The lowest BCUT2D eigenvalue weighted by Gasteiger charge is -2.14. The topological polar surface area (TPSA) is 89.5 Å². The highest BCUT2D eigenvalue weighted by Crippen LogP contribution is 2.13. The Morgan fingerprint density at radius 1 is 1.07 bits per heavy atom. The fraction of sp³-hybridized carbons (Fsp3) is 0.300. The number of rotatable bonds is 8. The molecule has 0 heterocycles. The number of ether oxygens (including phenoxy) is 1. The van der Waals surface area contributed by atoms with Crippen LogP contribution >= 0.6 is 0 Å². The summed E-state index contributed by atoms with van der Waals surface area (Å²) in [7, 11) is -2.23. The molecule has 0 aliphatic carbocycles. The smallest absolute Gasteiger partial charge is 0.337 e. The lowest BCUT2D eigenvalue weighted by atomic mass is 10.1. The fourth-order valence-electron chi connectivity index (χ4n) is 2.62. The van der Waals surface area contributed by atoms with Gasteiger partial charge in [-0.05, 0) is 30.2 Å². The molecular weight excluding hydrogens is 366 g/mol. The van der Waals surface area contributed by atoms with Gasteiger partial charge in [0.15, 0.2) is 9.84 Å². The van der Waals surface area contributed by atoms with Gasteiger partial charge in [-0.25, -0.2) is 13.2 Å². The van der Waals surface area contributed by atoms with E-state index >= 15 is 0 Å². The third kappa shape index (κ3) is 6.53. The number of nitrogens with one attached hydrogen (secondary N) is 1. The maximum Gasteiger partial charge on any atom is 0.337 e. The minimum atomic E-state index is -3.49. The lowest BCUT2D eigenvalue weighted by molar-refractivity contribution is -0.121. The molecule has 0 spiro atoms. The lowest BCUT2D eigenvalue weighted by Crippen LogP contribution is -2.28. The van der Waals surface area contributed by atoms with Gasteiger partial charge >= 0.3 is 5.97 Å². The quantitative estimate of drug-likeness (QED) is 0.701. The summed E-state index contributed by atoms with van der Waals surface area (Å²) in [6, 6.07) is 15.5. The third-order valence-electron chi connectivity index (χ3n) is 4.05. The second-order valence-corrected chi connectivity index (χ2v) is 8.42. The van der Waals surface area contributed by atoms with Crippen molar-refractivity contribution in [1.29, 1.82) is 0 Å². The first-order chi connectivity index (χ1) is 12.8. The highest BCUT2D eigenvalue weighted by Gasteiger charge is 2.17. The Hall–Kier alpha value is -2.67. The molecule has 0 fully saturated rings. The van der Waals surface area contributed by atoms with Gasteiger partial charge in [-0.15, -0.1) is 0 Å². The Kier molecular flexibility index (Phi) is 7.12. The van der Waals surface area contributed by atoms with Gasteiger partial charge in [-0.3, -0.25) is 4.79 Å². The molecule has 2 aromatic rings. The highest BCUT2D eigenvalue weighted by atomic mass is 32.2. The van der Waals surface area contributed by atoms with Crippen molar-refractivity contribution in [1.82, 2.24) is 5.32 Å². The van der Waals surface area contributed by atoms with Crippen LogP contribution in [0.5, 0.6) is 0 Å². The van der Waals surface area contributed by atoms with Crippen LogP contribution in [0.2, 0.25) is 0 Å². The van der Waals surface area contributed by atoms with Gasteiger partial charge in [0.25, 0.3) is 0 Å². The number of methoxy groups -OCH3 is 1. The average Bonchev–Trinajstić information content (AvgIpc) is 2.66. The van der Waals surface area contributed by atoms with Crippen LogP contribution in [0, 0.1) is 0 Å². The number of hydrogen-bond acceptors (Lipinski definition) is 5. The molecule has 0 aromatic heterocycles. The number of esters is 1. The predicted molar refractivity (Wildman–Crippen MR) is 103 cm³/mol. The minimum Gasteiger partial charge on any atom is -0.465 e. The number of hydrogen-bond donors (Lipinski definition) is 1. The summed E-state index contributed by atoms with van der Waals surface area (Å²) in [5.74, 6) is -1.34. The second-order valence-electron chi connectivity index (χ2n) is 6.23. The number of benzene rings is 2. The van der Waals surface area contributed by atoms with Crippen LogP contribution in [0.1, 0.15) is 40.9 Å². The predicted octanol–water partition coefficient (Wildman–Crippen LogP) is 2.66. The Balaban J connectivity index is 1.91. The first-order valence-corrected chi connectivity index (χ1v) is 10.3. The molecule has 0 saturated heterocycles. The maximum atomic E-state index is 12.3. The molecule has 144 valence electrons. The van der Waals surface area contributed by atoms with Crippen LogP contribution in [-0.2, 0) is 25.1 Å². The second kappa shape index (κ2) is 9.32. The van der Waals surface area contributed by atoms with E-state index in [0.29, 0.717) is 11.1 Å². The molecular formula is C20H23NO5S. The molecule has 1 N–H and O–H groups in total. The molecule has 2 rings (SSSR count). The fourth-order valence-corrected chi connectivity index (χ4v) is 3.95. The zero-order chi connectivity index (χ0) is 19.9. The van der Waals surface area contributed by atoms with Gasteiger partial charge in [0.2, 0.25) is 5.91 Å². The van der Waals surface area contributed by atoms with E-state index in [1.54, 1.807) is 18.2 Å². The van der Waals surface area contributed by atoms with E-state index in [2.05, 4.69) is 10.1 Å². The Morgan fingerprint density at radius 2 is 1.78 bits per heavy atom. The molecule has 0 aliphatic heterocycles. The van der Waals surface area contributed by atoms with E-state index in [1.807, 2.05) is 37.3 Å². The van der Waals surface area contributed by atoms with Crippen LogP contribution < -0.4 is 5.32 Å². The van der Waals surface area contributed by atoms with E-state index in [4.69, 9.17) is 0 Å². The normalized spacial score (nSPS) is 12.2.